The molecule has 1 atom stereocenters. The fraction of sp³-hybridized carbons (Fsp3) is 0.321. The number of aromatic hydroxyl groups is 1. The molecule has 0 aliphatic carbocycles. The first kappa shape index (κ1) is 29.3. The van der Waals surface area contributed by atoms with Gasteiger partial charge in [-0.25, -0.2) is 9.59 Å². The van der Waals surface area contributed by atoms with E-state index in [0.29, 0.717) is 29.4 Å². The Labute approximate surface area is 221 Å². The van der Waals surface area contributed by atoms with Crippen LogP contribution in [-0.4, -0.2) is 30.3 Å². The number of nitrogens with one attached hydrogen (secondary N) is 1. The number of methoxy groups -OCH3 is 1. The van der Waals surface area contributed by atoms with Crippen molar-refractivity contribution in [2.75, 3.05) is 7.11 Å². The molecule has 3 aromatic rings. The van der Waals surface area contributed by atoms with Crippen molar-refractivity contribution in [3.63, 3.8) is 0 Å². The molecule has 11 heteroatoms. The Morgan fingerprint density at radius 3 is 2.59 bits per heavy atom. The van der Waals surface area contributed by atoms with E-state index >= 15 is 0 Å². The molecule has 2 aromatic heterocycles. The molecule has 2 heterocycles. The number of ketones is 1. The number of allylic oxidation sites excluding steroid dienone is 2. The number of hydrogen-bond donors (Lipinski definition) is 2. The molecular formula is C28H28F3NO7. The van der Waals surface area contributed by atoms with Crippen molar-refractivity contribution in [3.05, 3.63) is 81.2 Å². The molecule has 8 nitrogen and oxygen atoms in total. The van der Waals surface area contributed by atoms with Crippen LogP contribution in [0, 0.1) is 0 Å². The lowest BCUT2D eigenvalue weighted by Gasteiger charge is -2.11. The van der Waals surface area contributed by atoms with Crippen LogP contribution in [0.2, 0.25) is 0 Å². The summed E-state index contributed by atoms with van der Waals surface area (Å²) in [5.74, 6) is -1.10. The van der Waals surface area contributed by atoms with Gasteiger partial charge in [0.2, 0.25) is 0 Å². The van der Waals surface area contributed by atoms with Gasteiger partial charge in [-0.05, 0) is 50.0 Å². The Morgan fingerprint density at radius 2 is 1.92 bits per heavy atom. The number of fused-ring (bicyclic) bond motifs is 1. The number of furan rings is 1. The minimum absolute atomic E-state index is 0.0815. The van der Waals surface area contributed by atoms with Crippen LogP contribution >= 0.6 is 0 Å². The van der Waals surface area contributed by atoms with Crippen molar-refractivity contribution in [2.45, 2.75) is 51.6 Å². The summed E-state index contributed by atoms with van der Waals surface area (Å²) < 4.78 is 53.0. The van der Waals surface area contributed by atoms with E-state index in [1.165, 1.54) is 38.4 Å². The monoisotopic (exact) mass is 547 g/mol. The number of halogens is 3. The zero-order chi connectivity index (χ0) is 28.7. The number of alkyl carbamates (subject to hydrolysis) is 1. The number of rotatable bonds is 10. The van der Waals surface area contributed by atoms with Gasteiger partial charge in [-0.15, -0.1) is 0 Å². The van der Waals surface area contributed by atoms with Crippen LogP contribution in [0.25, 0.3) is 17.0 Å². The van der Waals surface area contributed by atoms with Crippen LogP contribution in [0.3, 0.4) is 0 Å². The van der Waals surface area contributed by atoms with Crippen LogP contribution in [-0.2, 0) is 11.2 Å². The van der Waals surface area contributed by atoms with Crippen LogP contribution in [0.1, 0.15) is 66.5 Å². The van der Waals surface area contributed by atoms with Gasteiger partial charge in [0.15, 0.2) is 5.78 Å². The van der Waals surface area contributed by atoms with Gasteiger partial charge in [0.05, 0.1) is 7.11 Å². The van der Waals surface area contributed by atoms with Crippen molar-refractivity contribution in [1.29, 1.82) is 0 Å². The normalized spacial score (nSPS) is 13.1. The molecule has 208 valence electrons. The number of carbonyl (C=O) groups is 2. The molecule has 39 heavy (non-hydrogen) atoms. The van der Waals surface area contributed by atoms with E-state index in [1.54, 1.807) is 31.2 Å². The number of benzene rings is 1. The average molecular weight is 548 g/mol. The fourth-order valence-electron chi connectivity index (χ4n) is 3.79. The summed E-state index contributed by atoms with van der Waals surface area (Å²) in [4.78, 5) is 36.6. The van der Waals surface area contributed by atoms with Crippen molar-refractivity contribution in [1.82, 2.24) is 5.32 Å². The second kappa shape index (κ2) is 12.5. The molecule has 3 rings (SSSR count). The summed E-state index contributed by atoms with van der Waals surface area (Å²) in [6, 6.07) is 7.57. The first-order chi connectivity index (χ1) is 18.4. The molecule has 0 aliphatic heterocycles. The summed E-state index contributed by atoms with van der Waals surface area (Å²) in [5.41, 5.74) is -0.608. The highest BCUT2D eigenvalue weighted by molar-refractivity contribution is 6.12. The largest absolute Gasteiger partial charge is 0.507 e. The molecule has 1 aromatic carbocycles. The predicted octanol–water partition coefficient (Wildman–Crippen LogP) is 6.63. The highest BCUT2D eigenvalue weighted by Crippen LogP contribution is 2.28. The third-order valence-electron chi connectivity index (χ3n) is 5.95. The van der Waals surface area contributed by atoms with E-state index in [0.717, 1.165) is 0 Å². The van der Waals surface area contributed by atoms with Gasteiger partial charge >= 0.3 is 17.9 Å². The number of aryl methyl sites for hydroxylation is 1. The smallest absolute Gasteiger partial charge is 0.410 e. The maximum Gasteiger partial charge on any atom is 0.410 e. The first-order valence-corrected chi connectivity index (χ1v) is 12.1. The minimum atomic E-state index is -4.26. The summed E-state index contributed by atoms with van der Waals surface area (Å²) in [6.07, 6.45) is -0.449. The maximum absolute atomic E-state index is 13.0. The van der Waals surface area contributed by atoms with Gasteiger partial charge in [-0.1, -0.05) is 25.1 Å². The van der Waals surface area contributed by atoms with Gasteiger partial charge in [-0.2, -0.15) is 13.2 Å². The number of amides is 1. The van der Waals surface area contributed by atoms with E-state index in [1.807, 2.05) is 0 Å². The molecular weight excluding hydrogens is 519 g/mol. The lowest BCUT2D eigenvalue weighted by Crippen LogP contribution is -2.16. The van der Waals surface area contributed by atoms with Crippen molar-refractivity contribution < 1.29 is 41.4 Å². The van der Waals surface area contributed by atoms with E-state index in [4.69, 9.17) is 8.83 Å². The van der Waals surface area contributed by atoms with E-state index < -0.39 is 41.4 Å². The van der Waals surface area contributed by atoms with Crippen LogP contribution in [0.5, 0.6) is 5.75 Å². The third-order valence-corrected chi connectivity index (χ3v) is 5.95. The molecule has 1 amide bonds. The third kappa shape index (κ3) is 8.10. The molecule has 0 bridgehead atoms. The maximum atomic E-state index is 13.0. The van der Waals surface area contributed by atoms with E-state index in [2.05, 4.69) is 10.1 Å². The van der Waals surface area contributed by atoms with Crippen molar-refractivity contribution in [2.24, 2.45) is 0 Å². The Bertz CT molecular complexity index is 1460. The fourth-order valence-corrected chi connectivity index (χ4v) is 3.79. The number of hydrogen-bond acceptors (Lipinski definition) is 7. The molecule has 1 unspecified atom stereocenters. The van der Waals surface area contributed by atoms with Crippen molar-refractivity contribution in [3.8, 4) is 5.75 Å². The van der Waals surface area contributed by atoms with Gasteiger partial charge in [0.25, 0.3) is 0 Å². The van der Waals surface area contributed by atoms with Gasteiger partial charge in [0, 0.05) is 35.6 Å². The van der Waals surface area contributed by atoms with E-state index in [9.17, 15) is 32.7 Å². The molecule has 2 N–H and O–H groups in total. The zero-order valence-electron chi connectivity index (χ0n) is 21.6. The molecule has 0 aliphatic rings. The average Bonchev–Trinajstić information content (AvgIpc) is 3.27. The second-order valence-corrected chi connectivity index (χ2v) is 9.01. The SMILES string of the molecule is COC(=O)N/C=C/CCC(C)c1cc(O)c(C(=O)C(C)=Cc2cc3ccc(CCC(F)(F)F)cc3o2)c(=O)o1. The Balaban J connectivity index is 1.72. The van der Waals surface area contributed by atoms with Crippen LogP contribution in [0.4, 0.5) is 18.0 Å². The van der Waals surface area contributed by atoms with Gasteiger partial charge in [0.1, 0.15) is 28.4 Å². The minimum Gasteiger partial charge on any atom is -0.507 e. The van der Waals surface area contributed by atoms with Crippen molar-refractivity contribution >= 4 is 28.9 Å². The van der Waals surface area contributed by atoms with Gasteiger partial charge < -0.3 is 18.7 Å². The van der Waals surface area contributed by atoms with E-state index in [-0.39, 0.29) is 29.4 Å². The molecule has 0 spiro atoms. The summed E-state index contributed by atoms with van der Waals surface area (Å²) in [6.45, 7) is 3.22. The van der Waals surface area contributed by atoms with Crippen LogP contribution in [0.15, 0.2) is 61.8 Å². The molecule has 0 saturated heterocycles. The van der Waals surface area contributed by atoms with Crippen LogP contribution < -0.4 is 10.9 Å². The van der Waals surface area contributed by atoms with Gasteiger partial charge in [-0.3, -0.25) is 10.1 Å². The molecule has 0 saturated carbocycles. The number of Topliss-reactive ketones (excluding diaryl/α,β-unsaturated/α-hetero) is 1. The standard InChI is InChI=1S/C28H28F3NO7/c1-16(6-4-5-11-32-27(36)37-3)22-15-21(33)24(26(35)39-22)25(34)17(2)12-20-14-19-8-7-18(13-23(19)38-20)9-10-28(29,30)31/h5,7-8,11-16,33H,4,6,9-10H2,1-3H3,(H,32,36)/b11-5+,17-12?. The second-order valence-electron chi connectivity index (χ2n) is 9.01. The number of carbonyl (C=O) groups excluding carboxylic acids is 2. The Kier molecular flexibility index (Phi) is 9.39. The molecule has 0 radical (unpaired) electrons. The lowest BCUT2D eigenvalue weighted by atomic mass is 9.99. The zero-order valence-corrected chi connectivity index (χ0v) is 21.6. The number of ether oxygens (including phenoxy) is 1. The Morgan fingerprint density at radius 1 is 1.18 bits per heavy atom. The quantitative estimate of drug-likeness (QED) is 0.216. The lowest BCUT2D eigenvalue weighted by molar-refractivity contribution is -0.134. The summed E-state index contributed by atoms with van der Waals surface area (Å²) >= 11 is 0. The first-order valence-electron chi connectivity index (χ1n) is 12.1. The Hall–Kier alpha value is -4.28. The highest BCUT2D eigenvalue weighted by Gasteiger charge is 2.26. The number of alkyl halides is 3. The topological polar surface area (TPSA) is 119 Å². The summed E-state index contributed by atoms with van der Waals surface area (Å²) in [7, 11) is 1.24. The predicted molar refractivity (Wildman–Crippen MR) is 138 cm³/mol. The summed E-state index contributed by atoms with van der Waals surface area (Å²) in [5, 5.41) is 13.5. The molecule has 0 fully saturated rings. The highest BCUT2D eigenvalue weighted by atomic mass is 19.4.